The van der Waals surface area contributed by atoms with Gasteiger partial charge in [0.05, 0.1) is 22.4 Å². The molecule has 3 aromatic rings. The molecule has 0 aliphatic carbocycles. The van der Waals surface area contributed by atoms with Crippen LogP contribution in [0.4, 0.5) is 10.2 Å². The van der Waals surface area contributed by atoms with Gasteiger partial charge in [-0.2, -0.15) is 10.2 Å². The van der Waals surface area contributed by atoms with Crippen LogP contribution in [0.2, 0.25) is 5.02 Å². The van der Waals surface area contributed by atoms with Gasteiger partial charge in [-0.15, -0.1) is 0 Å². The summed E-state index contributed by atoms with van der Waals surface area (Å²) >= 11 is 9.56. The summed E-state index contributed by atoms with van der Waals surface area (Å²) in [6.45, 7) is 3.97. The molecule has 0 radical (unpaired) electrons. The van der Waals surface area contributed by atoms with E-state index in [1.54, 1.807) is 29.1 Å². The lowest BCUT2D eigenvalue weighted by molar-refractivity contribution is -0.117. The number of nitrogens with one attached hydrogen (secondary N) is 1. The van der Waals surface area contributed by atoms with Gasteiger partial charge in [0.1, 0.15) is 17.4 Å². The fraction of sp³-hybridized carbons (Fsp3) is 0.235. The first kappa shape index (κ1) is 18.6. The third-order valence-electron chi connectivity index (χ3n) is 3.85. The molecular weight excluding hydrogens is 425 g/mol. The summed E-state index contributed by atoms with van der Waals surface area (Å²) in [5.41, 5.74) is 2.15. The Morgan fingerprint density at radius 1 is 1.31 bits per heavy atom. The minimum absolute atomic E-state index is 0.0365. The number of amides is 1. The highest BCUT2D eigenvalue weighted by molar-refractivity contribution is 9.10. The molecular formula is C17H16BrClFN5O. The highest BCUT2D eigenvalue weighted by atomic mass is 79.9. The molecule has 0 aliphatic heterocycles. The van der Waals surface area contributed by atoms with Crippen LogP contribution in [-0.4, -0.2) is 25.5 Å². The first-order valence-corrected chi connectivity index (χ1v) is 8.98. The Balaban J connectivity index is 1.70. The Morgan fingerprint density at radius 3 is 2.69 bits per heavy atom. The van der Waals surface area contributed by atoms with Crippen molar-refractivity contribution in [2.24, 2.45) is 0 Å². The van der Waals surface area contributed by atoms with Gasteiger partial charge < -0.3 is 5.32 Å². The molecule has 136 valence electrons. The van der Waals surface area contributed by atoms with Crippen molar-refractivity contribution < 1.29 is 9.18 Å². The zero-order chi connectivity index (χ0) is 18.8. The van der Waals surface area contributed by atoms with Crippen LogP contribution in [0.3, 0.4) is 0 Å². The summed E-state index contributed by atoms with van der Waals surface area (Å²) in [6, 6.07) is 6.43. The average Bonchev–Trinajstić information content (AvgIpc) is 3.04. The molecule has 0 bridgehead atoms. The maximum absolute atomic E-state index is 13.8. The molecule has 26 heavy (non-hydrogen) atoms. The van der Waals surface area contributed by atoms with Crippen molar-refractivity contribution in [1.82, 2.24) is 19.6 Å². The quantitative estimate of drug-likeness (QED) is 0.653. The van der Waals surface area contributed by atoms with Gasteiger partial charge in [-0.3, -0.25) is 14.2 Å². The lowest BCUT2D eigenvalue weighted by Crippen LogP contribution is -2.21. The van der Waals surface area contributed by atoms with E-state index in [4.69, 9.17) is 11.6 Å². The van der Waals surface area contributed by atoms with Gasteiger partial charge >= 0.3 is 0 Å². The van der Waals surface area contributed by atoms with Crippen molar-refractivity contribution in [2.45, 2.75) is 26.9 Å². The molecule has 3 rings (SSSR count). The van der Waals surface area contributed by atoms with E-state index in [0.717, 1.165) is 15.9 Å². The lowest BCUT2D eigenvalue weighted by Gasteiger charge is -2.05. The van der Waals surface area contributed by atoms with Crippen molar-refractivity contribution in [2.75, 3.05) is 5.32 Å². The van der Waals surface area contributed by atoms with E-state index >= 15 is 0 Å². The third kappa shape index (κ3) is 3.96. The monoisotopic (exact) mass is 439 g/mol. The molecule has 0 saturated carbocycles. The number of aryl methyl sites for hydroxylation is 1. The second kappa shape index (κ2) is 7.59. The molecule has 1 N–H and O–H groups in total. The minimum Gasteiger partial charge on any atom is -0.306 e. The number of rotatable bonds is 5. The number of hydrogen-bond donors (Lipinski definition) is 1. The molecule has 1 amide bonds. The smallest absolute Gasteiger partial charge is 0.247 e. The van der Waals surface area contributed by atoms with Gasteiger partial charge in [-0.25, -0.2) is 4.39 Å². The van der Waals surface area contributed by atoms with Gasteiger partial charge in [0, 0.05) is 11.8 Å². The van der Waals surface area contributed by atoms with Crippen LogP contribution in [0.15, 0.2) is 34.9 Å². The van der Waals surface area contributed by atoms with Crippen molar-refractivity contribution in [3.63, 3.8) is 0 Å². The van der Waals surface area contributed by atoms with Crippen molar-refractivity contribution in [1.29, 1.82) is 0 Å². The zero-order valence-electron chi connectivity index (χ0n) is 14.1. The van der Waals surface area contributed by atoms with E-state index in [2.05, 4.69) is 31.4 Å². The topological polar surface area (TPSA) is 64.7 Å². The van der Waals surface area contributed by atoms with Gasteiger partial charge in [0.25, 0.3) is 0 Å². The van der Waals surface area contributed by atoms with Gasteiger partial charge in [0.15, 0.2) is 5.82 Å². The maximum Gasteiger partial charge on any atom is 0.247 e. The van der Waals surface area contributed by atoms with Crippen LogP contribution in [0.5, 0.6) is 0 Å². The number of anilines is 1. The Hall–Kier alpha value is -2.19. The highest BCUT2D eigenvalue weighted by Crippen LogP contribution is 2.22. The molecule has 9 heteroatoms. The van der Waals surface area contributed by atoms with Crippen molar-refractivity contribution >= 4 is 39.3 Å². The first-order chi connectivity index (χ1) is 12.3. The van der Waals surface area contributed by atoms with Crippen LogP contribution in [0.1, 0.15) is 17.0 Å². The van der Waals surface area contributed by atoms with Gasteiger partial charge in [0.2, 0.25) is 5.91 Å². The summed E-state index contributed by atoms with van der Waals surface area (Å²) in [5, 5.41) is 11.5. The summed E-state index contributed by atoms with van der Waals surface area (Å²) in [4.78, 5) is 12.3. The molecule has 2 heterocycles. The molecule has 0 unspecified atom stereocenters. The SMILES string of the molecule is Cc1nn(CC(=O)Nc2nn(Cc3ccccc3F)cc2Cl)c(C)c1Br. The summed E-state index contributed by atoms with van der Waals surface area (Å²) < 4.78 is 17.7. The van der Waals surface area contributed by atoms with E-state index in [-0.39, 0.29) is 35.7 Å². The molecule has 6 nitrogen and oxygen atoms in total. The normalized spacial score (nSPS) is 11.0. The standard InChI is InChI=1S/C17H16BrClFN5O/c1-10-16(18)11(2)25(22-10)9-15(26)21-17-13(19)8-24(23-17)7-12-5-3-4-6-14(12)20/h3-6,8H,7,9H2,1-2H3,(H,21,23,26). The molecule has 0 aliphatic rings. The number of nitrogens with zero attached hydrogens (tertiary/aromatic N) is 4. The van der Waals surface area contributed by atoms with Crippen molar-refractivity contribution in [3.8, 4) is 0 Å². The fourth-order valence-corrected chi connectivity index (χ4v) is 2.98. The number of hydrogen-bond acceptors (Lipinski definition) is 3. The average molecular weight is 441 g/mol. The molecule has 0 saturated heterocycles. The first-order valence-electron chi connectivity index (χ1n) is 7.81. The zero-order valence-corrected chi connectivity index (χ0v) is 16.5. The molecule has 2 aromatic heterocycles. The third-order valence-corrected chi connectivity index (χ3v) is 5.28. The number of halogens is 3. The van der Waals surface area contributed by atoms with Crippen LogP contribution < -0.4 is 5.32 Å². The summed E-state index contributed by atoms with van der Waals surface area (Å²) in [6.07, 6.45) is 1.55. The fourth-order valence-electron chi connectivity index (χ4n) is 2.50. The summed E-state index contributed by atoms with van der Waals surface area (Å²) in [5.74, 6) is -0.394. The largest absolute Gasteiger partial charge is 0.306 e. The highest BCUT2D eigenvalue weighted by Gasteiger charge is 2.15. The van der Waals surface area contributed by atoms with Crippen LogP contribution >= 0.6 is 27.5 Å². The minimum atomic E-state index is -0.320. The van der Waals surface area contributed by atoms with E-state index < -0.39 is 0 Å². The maximum atomic E-state index is 13.8. The second-order valence-corrected chi connectivity index (χ2v) is 7.01. The Labute approximate surface area is 163 Å². The van der Waals surface area contributed by atoms with E-state index in [9.17, 15) is 9.18 Å². The van der Waals surface area contributed by atoms with Crippen LogP contribution in [-0.2, 0) is 17.9 Å². The molecule has 0 fully saturated rings. The lowest BCUT2D eigenvalue weighted by atomic mass is 10.2. The van der Waals surface area contributed by atoms with E-state index in [1.165, 1.54) is 10.7 Å². The van der Waals surface area contributed by atoms with Crippen LogP contribution in [0.25, 0.3) is 0 Å². The molecule has 0 spiro atoms. The van der Waals surface area contributed by atoms with Crippen molar-refractivity contribution in [3.05, 3.63) is 62.7 Å². The molecule has 0 atom stereocenters. The number of carbonyl (C=O) groups excluding carboxylic acids is 1. The predicted octanol–water partition coefficient (Wildman–Crippen LogP) is 3.94. The second-order valence-electron chi connectivity index (χ2n) is 5.81. The van der Waals surface area contributed by atoms with E-state index in [1.807, 2.05) is 13.8 Å². The summed E-state index contributed by atoms with van der Waals surface area (Å²) in [7, 11) is 0. The Morgan fingerprint density at radius 2 is 2.04 bits per heavy atom. The Bertz CT molecular complexity index is 968. The van der Waals surface area contributed by atoms with Gasteiger partial charge in [-0.1, -0.05) is 29.8 Å². The number of carbonyl (C=O) groups is 1. The van der Waals surface area contributed by atoms with Gasteiger partial charge in [-0.05, 0) is 35.8 Å². The number of aromatic nitrogens is 4. The van der Waals surface area contributed by atoms with Crippen LogP contribution in [0, 0.1) is 19.7 Å². The van der Waals surface area contributed by atoms with E-state index in [0.29, 0.717) is 5.56 Å². The molecule has 1 aromatic carbocycles. The Kier molecular flexibility index (Phi) is 5.43. The number of benzene rings is 1. The predicted molar refractivity (Wildman–Crippen MR) is 101 cm³/mol.